The van der Waals surface area contributed by atoms with Gasteiger partial charge in [0.1, 0.15) is 5.75 Å². The molecular formula is C14H21N3OS. The molecule has 0 aromatic carbocycles. The Morgan fingerprint density at radius 1 is 1.58 bits per heavy atom. The van der Waals surface area contributed by atoms with Crippen LogP contribution in [0.5, 0.6) is 5.75 Å². The molecule has 1 aromatic heterocycles. The second-order valence-corrected chi connectivity index (χ2v) is 5.55. The van der Waals surface area contributed by atoms with Crippen LogP contribution in [0.25, 0.3) is 0 Å². The fourth-order valence-electron chi connectivity index (χ4n) is 2.76. The zero-order valence-corrected chi connectivity index (χ0v) is 12.6. The van der Waals surface area contributed by atoms with E-state index in [0.717, 1.165) is 48.5 Å². The van der Waals surface area contributed by atoms with E-state index in [1.54, 1.807) is 7.11 Å². The number of thiocarbonyl (C=S) groups is 1. The van der Waals surface area contributed by atoms with E-state index in [-0.39, 0.29) is 6.04 Å². The summed E-state index contributed by atoms with van der Waals surface area (Å²) >= 11 is 5.14. The largest absolute Gasteiger partial charge is 0.496 e. The highest BCUT2D eigenvalue weighted by Crippen LogP contribution is 2.27. The summed E-state index contributed by atoms with van der Waals surface area (Å²) in [5.74, 6) is 0.927. The molecule has 0 radical (unpaired) electrons. The summed E-state index contributed by atoms with van der Waals surface area (Å²) in [6, 6.07) is 0.212. The normalized spacial score (nSPS) is 19.6. The Morgan fingerprint density at radius 3 is 2.95 bits per heavy atom. The van der Waals surface area contributed by atoms with E-state index in [1.807, 2.05) is 13.1 Å². The highest BCUT2D eigenvalue weighted by atomic mass is 32.1. The van der Waals surface area contributed by atoms with E-state index in [0.29, 0.717) is 4.99 Å². The van der Waals surface area contributed by atoms with E-state index >= 15 is 0 Å². The van der Waals surface area contributed by atoms with Gasteiger partial charge in [-0.3, -0.25) is 9.88 Å². The molecular weight excluding hydrogens is 258 g/mol. The summed E-state index contributed by atoms with van der Waals surface area (Å²) in [5.41, 5.74) is 9.02. The van der Waals surface area contributed by atoms with E-state index in [4.69, 9.17) is 22.7 Å². The van der Waals surface area contributed by atoms with Crippen LogP contribution in [-0.2, 0) is 6.54 Å². The van der Waals surface area contributed by atoms with Gasteiger partial charge in [0.05, 0.1) is 23.8 Å². The van der Waals surface area contributed by atoms with Crippen LogP contribution in [0.15, 0.2) is 6.20 Å². The third kappa shape index (κ3) is 2.87. The Bertz CT molecular complexity index is 490. The van der Waals surface area contributed by atoms with Crippen LogP contribution in [0.3, 0.4) is 0 Å². The van der Waals surface area contributed by atoms with Gasteiger partial charge in [0.25, 0.3) is 0 Å². The Labute approximate surface area is 120 Å². The lowest BCUT2D eigenvalue weighted by atomic mass is 10.1. The van der Waals surface area contributed by atoms with Gasteiger partial charge in [0, 0.05) is 23.9 Å². The minimum absolute atomic E-state index is 0.212. The van der Waals surface area contributed by atoms with Crippen molar-refractivity contribution in [3.8, 4) is 5.75 Å². The number of rotatable bonds is 4. The molecule has 1 saturated heterocycles. The van der Waals surface area contributed by atoms with Gasteiger partial charge >= 0.3 is 0 Å². The Balaban J connectivity index is 2.22. The molecule has 0 amide bonds. The first-order valence-corrected chi connectivity index (χ1v) is 6.98. The molecule has 4 nitrogen and oxygen atoms in total. The highest BCUT2D eigenvalue weighted by Gasteiger charge is 2.27. The Morgan fingerprint density at radius 2 is 2.32 bits per heavy atom. The maximum absolute atomic E-state index is 5.80. The number of aryl methyl sites for hydroxylation is 1. The van der Waals surface area contributed by atoms with Crippen molar-refractivity contribution >= 4 is 17.2 Å². The molecule has 1 aliphatic rings. The minimum atomic E-state index is 0.212. The third-order valence-corrected chi connectivity index (χ3v) is 4.07. The van der Waals surface area contributed by atoms with E-state index in [2.05, 4.69) is 16.8 Å². The smallest absolute Gasteiger partial charge is 0.128 e. The third-order valence-electron chi connectivity index (χ3n) is 3.79. The maximum Gasteiger partial charge on any atom is 0.128 e. The molecule has 1 unspecified atom stereocenters. The number of hydrogen-bond acceptors (Lipinski definition) is 4. The summed E-state index contributed by atoms with van der Waals surface area (Å²) in [7, 11) is 1.70. The first-order chi connectivity index (χ1) is 9.04. The number of aromatic nitrogens is 1. The van der Waals surface area contributed by atoms with Gasteiger partial charge in [-0.05, 0) is 33.2 Å². The fraction of sp³-hybridized carbons (Fsp3) is 0.571. The molecule has 0 saturated carbocycles. The van der Waals surface area contributed by atoms with Crippen LogP contribution in [0.4, 0.5) is 0 Å². The quantitative estimate of drug-likeness (QED) is 0.854. The van der Waals surface area contributed by atoms with Crippen LogP contribution in [-0.4, -0.2) is 34.6 Å². The second kappa shape index (κ2) is 5.84. The zero-order valence-electron chi connectivity index (χ0n) is 11.8. The van der Waals surface area contributed by atoms with E-state index in [1.165, 1.54) is 0 Å². The summed E-state index contributed by atoms with van der Waals surface area (Å²) < 4.78 is 5.45. The van der Waals surface area contributed by atoms with Crippen LogP contribution in [0, 0.1) is 13.8 Å². The molecule has 0 spiro atoms. The van der Waals surface area contributed by atoms with Crippen molar-refractivity contribution in [1.29, 1.82) is 0 Å². The summed E-state index contributed by atoms with van der Waals surface area (Å²) in [5, 5.41) is 0. The van der Waals surface area contributed by atoms with Crippen LogP contribution >= 0.6 is 12.2 Å². The van der Waals surface area contributed by atoms with E-state index < -0.39 is 0 Å². The van der Waals surface area contributed by atoms with Crippen LogP contribution < -0.4 is 10.5 Å². The number of methoxy groups -OCH3 is 1. The van der Waals surface area contributed by atoms with Gasteiger partial charge in [-0.1, -0.05) is 12.2 Å². The maximum atomic E-state index is 5.80. The van der Waals surface area contributed by atoms with Gasteiger partial charge < -0.3 is 10.5 Å². The first-order valence-electron chi connectivity index (χ1n) is 6.57. The number of nitrogens with two attached hydrogens (primary N) is 1. The molecule has 1 aliphatic heterocycles. The van der Waals surface area contributed by atoms with E-state index in [9.17, 15) is 0 Å². The molecule has 2 N–H and O–H groups in total. The Hall–Kier alpha value is -1.20. The average Bonchev–Trinajstić information content (AvgIpc) is 2.82. The second-order valence-electron chi connectivity index (χ2n) is 5.08. The standard InChI is InChI=1S/C14H21N3OS/c1-9-7-16-11(10(2)13(9)18-3)8-17-6-4-5-12(17)14(15)19/h7,12H,4-6,8H2,1-3H3,(H2,15,19). The van der Waals surface area contributed by atoms with Crippen molar-refractivity contribution in [2.75, 3.05) is 13.7 Å². The summed E-state index contributed by atoms with van der Waals surface area (Å²) in [6.07, 6.45) is 4.06. The van der Waals surface area contributed by atoms with Gasteiger partial charge in [-0.2, -0.15) is 0 Å². The van der Waals surface area contributed by atoms with Crippen molar-refractivity contribution in [2.24, 2.45) is 5.73 Å². The van der Waals surface area contributed by atoms with Crippen molar-refractivity contribution in [3.63, 3.8) is 0 Å². The van der Waals surface area contributed by atoms with Crippen molar-refractivity contribution in [1.82, 2.24) is 9.88 Å². The lowest BCUT2D eigenvalue weighted by Gasteiger charge is -2.24. The molecule has 0 aliphatic carbocycles. The van der Waals surface area contributed by atoms with Gasteiger partial charge in [-0.15, -0.1) is 0 Å². The number of hydrogen-bond donors (Lipinski definition) is 1. The molecule has 5 heteroatoms. The van der Waals surface area contributed by atoms with Crippen LogP contribution in [0.1, 0.15) is 29.7 Å². The predicted octanol–water partition coefficient (Wildman–Crippen LogP) is 1.96. The van der Waals surface area contributed by atoms with Crippen molar-refractivity contribution < 1.29 is 4.74 Å². The van der Waals surface area contributed by atoms with Crippen LogP contribution in [0.2, 0.25) is 0 Å². The predicted molar refractivity (Wildman–Crippen MR) is 80.5 cm³/mol. The lowest BCUT2D eigenvalue weighted by Crippen LogP contribution is -2.39. The van der Waals surface area contributed by atoms with Gasteiger partial charge in [0.2, 0.25) is 0 Å². The monoisotopic (exact) mass is 279 g/mol. The minimum Gasteiger partial charge on any atom is -0.496 e. The molecule has 0 bridgehead atoms. The fourth-order valence-corrected chi connectivity index (χ4v) is 3.03. The lowest BCUT2D eigenvalue weighted by molar-refractivity contribution is 0.290. The summed E-state index contributed by atoms with van der Waals surface area (Å²) in [4.78, 5) is 7.44. The number of ether oxygens (including phenoxy) is 1. The van der Waals surface area contributed by atoms with Crippen molar-refractivity contribution in [3.05, 3.63) is 23.0 Å². The topological polar surface area (TPSA) is 51.4 Å². The average molecular weight is 279 g/mol. The highest BCUT2D eigenvalue weighted by molar-refractivity contribution is 7.80. The van der Waals surface area contributed by atoms with Gasteiger partial charge in [-0.25, -0.2) is 0 Å². The molecule has 1 aromatic rings. The summed E-state index contributed by atoms with van der Waals surface area (Å²) in [6.45, 7) is 5.88. The molecule has 1 fully saturated rings. The number of nitrogens with zero attached hydrogens (tertiary/aromatic N) is 2. The number of pyridine rings is 1. The molecule has 1 atom stereocenters. The SMILES string of the molecule is COc1c(C)cnc(CN2CCCC2C(N)=S)c1C. The zero-order chi connectivity index (χ0) is 14.0. The molecule has 2 heterocycles. The number of likely N-dealkylation sites (tertiary alicyclic amines) is 1. The molecule has 19 heavy (non-hydrogen) atoms. The van der Waals surface area contributed by atoms with Crippen molar-refractivity contribution in [2.45, 2.75) is 39.3 Å². The molecule has 2 rings (SSSR count). The first kappa shape index (κ1) is 14.2. The molecule has 104 valence electrons. The van der Waals surface area contributed by atoms with Gasteiger partial charge in [0.15, 0.2) is 0 Å². The Kier molecular flexibility index (Phi) is 4.37.